The smallest absolute Gasteiger partial charge is 0.0172 e. The Morgan fingerprint density at radius 2 is 1.52 bits per heavy atom. The molecule has 4 saturated carbocycles. The predicted molar refractivity (Wildman–Crippen MR) is 136 cm³/mol. The van der Waals surface area contributed by atoms with Crippen LogP contribution in [0.5, 0.6) is 0 Å². The van der Waals surface area contributed by atoms with Crippen LogP contribution < -0.4 is 0 Å². The highest BCUT2D eigenvalue weighted by atomic mass is 14.7. The second-order valence-electron chi connectivity index (χ2n) is 14.1. The van der Waals surface area contributed by atoms with Gasteiger partial charge in [0, 0.05) is 0 Å². The number of hydrogen-bond donors (Lipinski definition) is 0. The summed E-state index contributed by atoms with van der Waals surface area (Å²) in [5.41, 5.74) is 5.04. The second kappa shape index (κ2) is 7.77. The van der Waals surface area contributed by atoms with E-state index < -0.39 is 0 Å². The van der Waals surface area contributed by atoms with Gasteiger partial charge in [0.15, 0.2) is 0 Å². The monoisotopic (exact) mass is 424 g/mol. The SMILES string of the molecule is C=C(CC[C@H](C)C(=C)C)[C@H]1CC[C@]2(C)[C@H]1CC[C@H]1[C@@]3(C)CCCC(C)(C)[C@H]3CC[C@]12C. The first-order chi connectivity index (χ1) is 14.4. The lowest BCUT2D eigenvalue weighted by molar-refractivity contribution is -0.201. The fraction of sp³-hybridized carbons (Fsp3) is 0.871. The van der Waals surface area contributed by atoms with E-state index in [-0.39, 0.29) is 0 Å². The molecule has 0 aromatic rings. The maximum atomic E-state index is 4.69. The van der Waals surface area contributed by atoms with Crippen LogP contribution in [0.15, 0.2) is 24.3 Å². The van der Waals surface area contributed by atoms with Crippen molar-refractivity contribution >= 4 is 0 Å². The van der Waals surface area contributed by atoms with Gasteiger partial charge in [-0.05, 0) is 122 Å². The predicted octanol–water partition coefficient (Wildman–Crippen LogP) is 9.61. The maximum Gasteiger partial charge on any atom is -0.0172 e. The number of allylic oxidation sites excluding steroid dienone is 2. The zero-order chi connectivity index (χ0) is 22.8. The largest absolute Gasteiger partial charge is 0.0999 e. The lowest BCUT2D eigenvalue weighted by atomic mass is 9.36. The Morgan fingerprint density at radius 3 is 2.19 bits per heavy atom. The molecule has 176 valence electrons. The third kappa shape index (κ3) is 3.44. The number of hydrogen-bond acceptors (Lipinski definition) is 0. The third-order valence-corrected chi connectivity index (χ3v) is 12.4. The molecule has 0 bridgehead atoms. The summed E-state index contributed by atoms with van der Waals surface area (Å²) in [5, 5.41) is 0. The lowest BCUT2D eigenvalue weighted by Gasteiger charge is -2.69. The maximum absolute atomic E-state index is 4.69. The number of rotatable bonds is 5. The molecule has 0 unspecified atom stereocenters. The minimum atomic E-state index is 0.513. The zero-order valence-electron chi connectivity index (χ0n) is 22.1. The molecule has 0 saturated heterocycles. The highest BCUT2D eigenvalue weighted by Gasteiger charge is 2.67. The first-order valence-corrected chi connectivity index (χ1v) is 13.7. The summed E-state index contributed by atoms with van der Waals surface area (Å²) in [6.07, 6.45) is 15.5. The van der Waals surface area contributed by atoms with E-state index in [1.54, 1.807) is 5.57 Å². The Morgan fingerprint density at radius 1 is 0.839 bits per heavy atom. The molecule has 4 rings (SSSR count). The van der Waals surface area contributed by atoms with Crippen molar-refractivity contribution in [2.75, 3.05) is 0 Å². The molecular weight excluding hydrogens is 372 g/mol. The van der Waals surface area contributed by atoms with Gasteiger partial charge in [0.25, 0.3) is 0 Å². The van der Waals surface area contributed by atoms with Crippen LogP contribution >= 0.6 is 0 Å². The van der Waals surface area contributed by atoms with E-state index in [2.05, 4.69) is 61.6 Å². The molecule has 0 aromatic heterocycles. The van der Waals surface area contributed by atoms with Gasteiger partial charge in [0.05, 0.1) is 0 Å². The molecule has 0 amide bonds. The fourth-order valence-corrected chi connectivity index (χ4v) is 10.2. The molecule has 4 aliphatic carbocycles. The molecular formula is C31H52. The Kier molecular flexibility index (Phi) is 5.92. The summed E-state index contributed by atoms with van der Waals surface area (Å²) in [6, 6.07) is 0. The van der Waals surface area contributed by atoms with Crippen molar-refractivity contribution < 1.29 is 0 Å². The van der Waals surface area contributed by atoms with Gasteiger partial charge < -0.3 is 0 Å². The quantitative estimate of drug-likeness (QED) is 0.385. The summed E-state index contributed by atoms with van der Waals surface area (Å²) in [7, 11) is 0. The van der Waals surface area contributed by atoms with Crippen LogP contribution in [0.4, 0.5) is 0 Å². The van der Waals surface area contributed by atoms with Gasteiger partial charge in [-0.3, -0.25) is 0 Å². The topological polar surface area (TPSA) is 0 Å². The van der Waals surface area contributed by atoms with Crippen LogP contribution in [0.3, 0.4) is 0 Å². The van der Waals surface area contributed by atoms with Crippen molar-refractivity contribution in [3.8, 4) is 0 Å². The molecule has 0 aliphatic heterocycles. The molecule has 0 heterocycles. The molecule has 31 heavy (non-hydrogen) atoms. The van der Waals surface area contributed by atoms with E-state index in [1.807, 2.05) is 0 Å². The van der Waals surface area contributed by atoms with Crippen molar-refractivity contribution in [1.82, 2.24) is 0 Å². The van der Waals surface area contributed by atoms with Gasteiger partial charge in [-0.25, -0.2) is 0 Å². The Balaban J connectivity index is 1.56. The summed E-state index contributed by atoms with van der Waals surface area (Å²) in [4.78, 5) is 0. The first-order valence-electron chi connectivity index (χ1n) is 13.7. The average Bonchev–Trinajstić information content (AvgIpc) is 3.03. The molecule has 0 heteroatoms. The van der Waals surface area contributed by atoms with Crippen molar-refractivity contribution in [3.63, 3.8) is 0 Å². The molecule has 4 fully saturated rings. The normalized spacial score (nSPS) is 47.1. The van der Waals surface area contributed by atoms with Crippen LogP contribution in [0.2, 0.25) is 0 Å². The van der Waals surface area contributed by atoms with Crippen molar-refractivity contribution in [1.29, 1.82) is 0 Å². The zero-order valence-corrected chi connectivity index (χ0v) is 22.1. The Bertz CT molecular complexity index is 726. The average molecular weight is 425 g/mol. The van der Waals surface area contributed by atoms with Gasteiger partial charge in [0.1, 0.15) is 0 Å². The van der Waals surface area contributed by atoms with Gasteiger partial charge in [-0.1, -0.05) is 72.3 Å². The summed E-state index contributed by atoms with van der Waals surface area (Å²) < 4.78 is 0. The van der Waals surface area contributed by atoms with E-state index in [0.29, 0.717) is 27.6 Å². The Hall–Kier alpha value is -0.520. The molecule has 8 atom stereocenters. The van der Waals surface area contributed by atoms with Gasteiger partial charge in [-0.2, -0.15) is 0 Å². The third-order valence-electron chi connectivity index (χ3n) is 12.4. The molecule has 0 N–H and O–H groups in total. The van der Waals surface area contributed by atoms with E-state index in [9.17, 15) is 0 Å². The molecule has 0 radical (unpaired) electrons. The minimum Gasteiger partial charge on any atom is -0.0999 e. The van der Waals surface area contributed by atoms with Crippen molar-refractivity contribution in [3.05, 3.63) is 24.3 Å². The van der Waals surface area contributed by atoms with E-state index in [1.165, 1.54) is 76.2 Å². The standard InChI is InChI=1S/C31H52/c1-21(2)22(3)11-12-23(4)24-15-19-30(8)25(24)13-14-27-29(7)18-10-17-28(5,6)26(29)16-20-31(27,30)9/h22,24-27H,1,4,10-20H2,2-3,5-9H3/t22-,24+,25-,26+,27-,29-,30+,31+/m0/s1. The minimum absolute atomic E-state index is 0.513. The van der Waals surface area contributed by atoms with Crippen LogP contribution in [-0.2, 0) is 0 Å². The first kappa shape index (κ1) is 23.6. The van der Waals surface area contributed by atoms with Gasteiger partial charge in [0.2, 0.25) is 0 Å². The van der Waals surface area contributed by atoms with Crippen LogP contribution in [-0.4, -0.2) is 0 Å². The summed E-state index contributed by atoms with van der Waals surface area (Å²) >= 11 is 0. The molecule has 0 nitrogen and oxygen atoms in total. The van der Waals surface area contributed by atoms with E-state index >= 15 is 0 Å². The summed E-state index contributed by atoms with van der Waals surface area (Å²) in [5.74, 6) is 4.13. The van der Waals surface area contributed by atoms with Crippen LogP contribution in [0.25, 0.3) is 0 Å². The van der Waals surface area contributed by atoms with Gasteiger partial charge in [-0.15, -0.1) is 0 Å². The second-order valence-corrected chi connectivity index (χ2v) is 14.1. The van der Waals surface area contributed by atoms with Gasteiger partial charge >= 0.3 is 0 Å². The number of fused-ring (bicyclic) bond motifs is 5. The Labute approximate surface area is 194 Å². The van der Waals surface area contributed by atoms with E-state index in [4.69, 9.17) is 0 Å². The highest BCUT2D eigenvalue weighted by Crippen LogP contribution is 2.75. The lowest BCUT2D eigenvalue weighted by Crippen LogP contribution is -2.62. The molecule has 4 aliphatic rings. The van der Waals surface area contributed by atoms with E-state index in [0.717, 1.165) is 23.7 Å². The highest BCUT2D eigenvalue weighted by molar-refractivity contribution is 5.20. The van der Waals surface area contributed by atoms with Crippen LogP contribution in [0.1, 0.15) is 119 Å². The molecule has 0 spiro atoms. The van der Waals surface area contributed by atoms with Crippen LogP contribution in [0, 0.1) is 51.2 Å². The summed E-state index contributed by atoms with van der Waals surface area (Å²) in [6.45, 7) is 26.8. The van der Waals surface area contributed by atoms with Crippen molar-refractivity contribution in [2.45, 2.75) is 119 Å². The fourth-order valence-electron chi connectivity index (χ4n) is 10.2. The molecule has 0 aromatic carbocycles. The van der Waals surface area contributed by atoms with Crippen molar-refractivity contribution in [2.24, 2.45) is 51.2 Å².